The highest BCUT2D eigenvalue weighted by atomic mass is 35.5. The monoisotopic (exact) mass is 320 g/mol. The Labute approximate surface area is 138 Å². The van der Waals surface area contributed by atoms with Gasteiger partial charge >= 0.3 is 0 Å². The molecule has 0 aromatic heterocycles. The molecule has 0 aromatic rings. The van der Waals surface area contributed by atoms with E-state index in [0.29, 0.717) is 5.88 Å². The topological polar surface area (TPSA) is 20.2 Å². The van der Waals surface area contributed by atoms with Gasteiger partial charge in [-0.2, -0.15) is 0 Å². The molecule has 0 saturated heterocycles. The van der Waals surface area contributed by atoms with Crippen molar-refractivity contribution >= 4 is 11.6 Å². The predicted octanol–water partition coefficient (Wildman–Crippen LogP) is 4.97. The molecule has 0 amide bonds. The number of unbranched alkanes of at least 4 members (excludes halogenated alkanes) is 9. The number of hydrogen-bond donors (Lipinski definition) is 1. The zero-order valence-electron chi connectivity index (χ0n) is 14.7. The summed E-state index contributed by atoms with van der Waals surface area (Å²) in [5, 5.41) is 9.74. The average molecular weight is 321 g/mol. The lowest BCUT2D eigenvalue weighted by Crippen LogP contribution is -2.49. The number of aliphatic hydroxyl groups is 1. The van der Waals surface area contributed by atoms with Crippen LogP contribution in [0, 0.1) is 0 Å². The summed E-state index contributed by atoms with van der Waals surface area (Å²) < 4.78 is 0.949. The van der Waals surface area contributed by atoms with E-state index in [9.17, 15) is 5.11 Å². The van der Waals surface area contributed by atoms with Gasteiger partial charge in [0.2, 0.25) is 0 Å². The standard InChI is InChI=1S/C18H39ClNO/c1-4-6-7-8-9-10-11-12-13-14-15-20(3,5-2)17-18(21)16-19/h18,21H,4-17H2,1-3H3/q+1. The predicted molar refractivity (Wildman–Crippen MR) is 95.0 cm³/mol. The van der Waals surface area contributed by atoms with Crippen LogP contribution in [0.25, 0.3) is 0 Å². The third kappa shape index (κ3) is 12.4. The van der Waals surface area contributed by atoms with Crippen LogP contribution in [0.5, 0.6) is 0 Å². The molecule has 0 aromatic carbocycles. The Balaban J connectivity index is 3.51. The number of alkyl halides is 1. The molecule has 0 rings (SSSR count). The summed E-state index contributed by atoms with van der Waals surface area (Å²) in [7, 11) is 2.24. The zero-order valence-corrected chi connectivity index (χ0v) is 15.5. The summed E-state index contributed by atoms with van der Waals surface area (Å²) in [4.78, 5) is 0. The van der Waals surface area contributed by atoms with Crippen LogP contribution < -0.4 is 0 Å². The fraction of sp³-hybridized carbons (Fsp3) is 1.00. The number of nitrogens with zero attached hydrogens (tertiary/aromatic N) is 1. The molecule has 0 aliphatic heterocycles. The third-order valence-electron chi connectivity index (χ3n) is 4.64. The molecular formula is C18H39ClNO+. The van der Waals surface area contributed by atoms with Gasteiger partial charge in [-0.05, 0) is 19.8 Å². The second kappa shape index (κ2) is 13.8. The first-order valence-electron chi connectivity index (χ1n) is 9.15. The molecule has 21 heavy (non-hydrogen) atoms. The number of rotatable bonds is 15. The van der Waals surface area contributed by atoms with E-state index in [4.69, 9.17) is 11.6 Å². The fourth-order valence-electron chi connectivity index (χ4n) is 2.92. The molecule has 3 heteroatoms. The quantitative estimate of drug-likeness (QED) is 0.256. The molecule has 0 heterocycles. The highest BCUT2D eigenvalue weighted by molar-refractivity contribution is 6.18. The van der Waals surface area contributed by atoms with E-state index in [1.54, 1.807) is 0 Å². The molecule has 2 unspecified atom stereocenters. The zero-order chi connectivity index (χ0) is 16.0. The van der Waals surface area contributed by atoms with Gasteiger partial charge in [-0.1, -0.05) is 58.3 Å². The number of halogens is 1. The highest BCUT2D eigenvalue weighted by Gasteiger charge is 2.22. The lowest BCUT2D eigenvalue weighted by atomic mass is 10.1. The van der Waals surface area contributed by atoms with Crippen LogP contribution in [0.2, 0.25) is 0 Å². The van der Waals surface area contributed by atoms with E-state index in [1.165, 1.54) is 70.8 Å². The second-order valence-electron chi connectivity index (χ2n) is 6.83. The van der Waals surface area contributed by atoms with Crippen molar-refractivity contribution in [2.45, 2.75) is 84.2 Å². The van der Waals surface area contributed by atoms with Crippen LogP contribution in [0.1, 0.15) is 78.1 Å². The molecule has 2 atom stereocenters. The molecule has 0 fully saturated rings. The summed E-state index contributed by atoms with van der Waals surface area (Å²) in [5.41, 5.74) is 0. The SMILES string of the molecule is CCCCCCCCCCCC[N+](C)(CC)CC(O)CCl. The number of likely N-dealkylation sites (N-methyl/N-ethyl adjacent to an activating group) is 1. The summed E-state index contributed by atoms with van der Waals surface area (Å²) in [6.07, 6.45) is 13.4. The molecule has 0 aliphatic carbocycles. The van der Waals surface area contributed by atoms with Crippen molar-refractivity contribution in [3.63, 3.8) is 0 Å². The van der Waals surface area contributed by atoms with Gasteiger partial charge in [-0.3, -0.25) is 0 Å². The molecular weight excluding hydrogens is 282 g/mol. The summed E-state index contributed by atoms with van der Waals surface area (Å²) in [6.45, 7) is 7.51. The van der Waals surface area contributed by atoms with Crippen molar-refractivity contribution in [3.05, 3.63) is 0 Å². The second-order valence-corrected chi connectivity index (χ2v) is 7.14. The maximum Gasteiger partial charge on any atom is 0.116 e. The van der Waals surface area contributed by atoms with Crippen molar-refractivity contribution in [2.75, 3.05) is 32.6 Å². The lowest BCUT2D eigenvalue weighted by Gasteiger charge is -2.35. The smallest absolute Gasteiger partial charge is 0.116 e. The van der Waals surface area contributed by atoms with Gasteiger partial charge in [-0.25, -0.2) is 0 Å². The molecule has 2 nitrogen and oxygen atoms in total. The van der Waals surface area contributed by atoms with Gasteiger partial charge in [0.15, 0.2) is 0 Å². The minimum absolute atomic E-state index is 0.353. The van der Waals surface area contributed by atoms with Gasteiger partial charge in [0, 0.05) is 0 Å². The largest absolute Gasteiger partial charge is 0.386 e. The van der Waals surface area contributed by atoms with Gasteiger partial charge in [0.1, 0.15) is 12.6 Å². The van der Waals surface area contributed by atoms with Crippen LogP contribution in [0.4, 0.5) is 0 Å². The summed E-state index contributed by atoms with van der Waals surface area (Å²) in [5.74, 6) is 0.353. The van der Waals surface area contributed by atoms with Crippen molar-refractivity contribution in [3.8, 4) is 0 Å². The van der Waals surface area contributed by atoms with Crippen molar-refractivity contribution in [2.24, 2.45) is 0 Å². The van der Waals surface area contributed by atoms with Gasteiger partial charge in [0.25, 0.3) is 0 Å². The Hall–Kier alpha value is 0.210. The van der Waals surface area contributed by atoms with E-state index in [1.807, 2.05) is 0 Å². The maximum absolute atomic E-state index is 9.74. The van der Waals surface area contributed by atoms with Crippen LogP contribution in [-0.2, 0) is 0 Å². The fourth-order valence-corrected chi connectivity index (χ4v) is 3.01. The van der Waals surface area contributed by atoms with E-state index in [-0.39, 0.29) is 6.10 Å². The first-order chi connectivity index (χ1) is 10.1. The van der Waals surface area contributed by atoms with Gasteiger partial charge in [-0.15, -0.1) is 11.6 Å². The molecule has 128 valence electrons. The summed E-state index contributed by atoms with van der Waals surface area (Å²) in [6, 6.07) is 0. The Bertz CT molecular complexity index is 225. The first-order valence-corrected chi connectivity index (χ1v) is 9.69. The minimum Gasteiger partial charge on any atom is -0.386 e. The highest BCUT2D eigenvalue weighted by Crippen LogP contribution is 2.13. The number of hydrogen-bond acceptors (Lipinski definition) is 1. The number of aliphatic hydroxyl groups excluding tert-OH is 1. The van der Waals surface area contributed by atoms with E-state index < -0.39 is 0 Å². The van der Waals surface area contributed by atoms with Crippen LogP contribution in [-0.4, -0.2) is 48.3 Å². The Morgan fingerprint density at radius 1 is 0.857 bits per heavy atom. The Morgan fingerprint density at radius 3 is 1.76 bits per heavy atom. The molecule has 0 aliphatic rings. The average Bonchev–Trinajstić information content (AvgIpc) is 2.49. The molecule has 1 N–H and O–H groups in total. The Morgan fingerprint density at radius 2 is 1.33 bits per heavy atom. The van der Waals surface area contributed by atoms with Gasteiger partial charge in [0.05, 0.1) is 26.0 Å². The summed E-state index contributed by atoms with van der Waals surface area (Å²) >= 11 is 5.72. The third-order valence-corrected chi connectivity index (χ3v) is 5.00. The van der Waals surface area contributed by atoms with Gasteiger partial charge < -0.3 is 9.59 Å². The van der Waals surface area contributed by atoms with E-state index >= 15 is 0 Å². The van der Waals surface area contributed by atoms with Crippen molar-refractivity contribution in [1.29, 1.82) is 0 Å². The molecule has 0 spiro atoms. The Kier molecular flexibility index (Phi) is 14.0. The lowest BCUT2D eigenvalue weighted by molar-refractivity contribution is -0.910. The van der Waals surface area contributed by atoms with Crippen LogP contribution in [0.3, 0.4) is 0 Å². The normalized spacial score (nSPS) is 15.9. The maximum atomic E-state index is 9.74. The number of quaternary nitrogens is 1. The van der Waals surface area contributed by atoms with Crippen molar-refractivity contribution < 1.29 is 9.59 Å². The van der Waals surface area contributed by atoms with E-state index in [2.05, 4.69) is 20.9 Å². The van der Waals surface area contributed by atoms with Crippen molar-refractivity contribution in [1.82, 2.24) is 0 Å². The molecule has 0 radical (unpaired) electrons. The molecule has 0 saturated carbocycles. The first kappa shape index (κ1) is 21.2. The van der Waals surface area contributed by atoms with Crippen LogP contribution >= 0.6 is 11.6 Å². The minimum atomic E-state index is -0.361. The van der Waals surface area contributed by atoms with E-state index in [0.717, 1.165) is 17.6 Å². The van der Waals surface area contributed by atoms with Crippen LogP contribution in [0.15, 0.2) is 0 Å². The molecule has 0 bridgehead atoms.